The van der Waals surface area contributed by atoms with Crippen molar-refractivity contribution in [2.75, 3.05) is 11.5 Å². The summed E-state index contributed by atoms with van der Waals surface area (Å²) >= 11 is 1.44. The maximum absolute atomic E-state index is 13.7. The zero-order valence-corrected chi connectivity index (χ0v) is 18.7. The summed E-state index contributed by atoms with van der Waals surface area (Å²) in [6.07, 6.45) is 1.24. The van der Waals surface area contributed by atoms with E-state index in [1.165, 1.54) is 17.5 Å². The fourth-order valence-electron chi connectivity index (χ4n) is 3.66. The molecule has 2 heterocycles. The Hall–Kier alpha value is -4.04. The molecule has 0 radical (unpaired) electrons. The summed E-state index contributed by atoms with van der Waals surface area (Å²) in [7, 11) is 0. The number of thiazole rings is 1. The average Bonchev–Trinajstić information content (AvgIpc) is 3.26. The van der Waals surface area contributed by atoms with Crippen LogP contribution in [0, 0.1) is 0 Å². The van der Waals surface area contributed by atoms with Crippen molar-refractivity contribution in [3.63, 3.8) is 0 Å². The smallest absolute Gasteiger partial charge is 0.255 e. The molecule has 0 aliphatic carbocycles. The van der Waals surface area contributed by atoms with Crippen molar-refractivity contribution in [2.24, 2.45) is 0 Å². The van der Waals surface area contributed by atoms with Gasteiger partial charge in [0.15, 0.2) is 5.13 Å². The molecule has 0 saturated carbocycles. The summed E-state index contributed by atoms with van der Waals surface area (Å²) < 4.78 is 8.09. The second-order valence-corrected chi connectivity index (χ2v) is 8.31. The Morgan fingerprint density at radius 2 is 1.79 bits per heavy atom. The van der Waals surface area contributed by atoms with Gasteiger partial charge in [-0.1, -0.05) is 35.6 Å². The quantitative estimate of drug-likeness (QED) is 0.368. The number of amides is 1. The van der Waals surface area contributed by atoms with E-state index < -0.39 is 0 Å². The maximum Gasteiger partial charge on any atom is 0.255 e. The number of rotatable bonds is 6. The monoisotopic (exact) mass is 456 g/mol. The molecule has 0 aliphatic rings. The number of benzene rings is 3. The van der Waals surface area contributed by atoms with Gasteiger partial charge in [0, 0.05) is 5.39 Å². The van der Waals surface area contributed by atoms with E-state index in [0.717, 1.165) is 16.0 Å². The minimum Gasteiger partial charge on any atom is -0.494 e. The van der Waals surface area contributed by atoms with Gasteiger partial charge in [-0.3, -0.25) is 19.2 Å². The summed E-state index contributed by atoms with van der Waals surface area (Å²) in [6, 6.07) is 22.3. The molecule has 0 unspecified atom stereocenters. The Kier molecular flexibility index (Phi) is 5.58. The van der Waals surface area contributed by atoms with Crippen LogP contribution in [0.15, 0.2) is 83.8 Å². The van der Waals surface area contributed by atoms with Crippen molar-refractivity contribution >= 4 is 49.2 Å². The van der Waals surface area contributed by atoms with Gasteiger partial charge in [-0.2, -0.15) is 5.10 Å². The van der Waals surface area contributed by atoms with E-state index in [1.54, 1.807) is 27.8 Å². The first-order valence-corrected chi connectivity index (χ1v) is 11.3. The van der Waals surface area contributed by atoms with Gasteiger partial charge in [-0.15, -0.1) is 0 Å². The number of ether oxygens (including phenoxy) is 1. The van der Waals surface area contributed by atoms with E-state index in [9.17, 15) is 9.59 Å². The first-order chi connectivity index (χ1) is 16.1. The molecule has 5 aromatic rings. The molecule has 0 fully saturated rings. The van der Waals surface area contributed by atoms with Gasteiger partial charge in [-0.05, 0) is 55.5 Å². The molecule has 0 spiro atoms. The molecule has 8 heteroatoms. The predicted molar refractivity (Wildman–Crippen MR) is 130 cm³/mol. The number of anilines is 2. The minimum absolute atomic E-state index is 0.0517. The molecule has 33 heavy (non-hydrogen) atoms. The number of fused-ring (bicyclic) bond motifs is 2. The van der Waals surface area contributed by atoms with E-state index in [2.05, 4.69) is 5.10 Å². The van der Waals surface area contributed by atoms with Gasteiger partial charge in [0.05, 0.1) is 34.2 Å². The van der Waals surface area contributed by atoms with Gasteiger partial charge in [0.25, 0.3) is 5.91 Å². The fourth-order valence-corrected chi connectivity index (χ4v) is 4.66. The van der Waals surface area contributed by atoms with Crippen LogP contribution in [0.4, 0.5) is 10.8 Å². The third kappa shape index (κ3) is 4.08. The van der Waals surface area contributed by atoms with E-state index >= 15 is 0 Å². The number of para-hydroxylation sites is 2. The fraction of sp³-hybridized carbons (Fsp3) is 0.120. The van der Waals surface area contributed by atoms with Crippen LogP contribution in [0.2, 0.25) is 0 Å². The number of hydrogen-bond donors (Lipinski definition) is 0. The molecule has 1 amide bonds. The van der Waals surface area contributed by atoms with E-state index in [4.69, 9.17) is 9.72 Å². The van der Waals surface area contributed by atoms with Crippen molar-refractivity contribution < 1.29 is 9.53 Å². The normalized spacial score (nSPS) is 11.1. The zero-order valence-electron chi connectivity index (χ0n) is 17.8. The zero-order chi connectivity index (χ0) is 22.8. The van der Waals surface area contributed by atoms with E-state index in [-0.39, 0.29) is 17.9 Å². The Labute approximate surface area is 193 Å². The molecule has 2 aromatic heterocycles. The molecule has 0 saturated heterocycles. The molecule has 7 nitrogen and oxygen atoms in total. The molecule has 0 bridgehead atoms. The van der Waals surface area contributed by atoms with E-state index in [1.807, 2.05) is 61.5 Å². The number of nitrogens with zero attached hydrogens (tertiary/aromatic N) is 4. The second kappa shape index (κ2) is 8.84. The van der Waals surface area contributed by atoms with Gasteiger partial charge >= 0.3 is 0 Å². The van der Waals surface area contributed by atoms with Crippen LogP contribution in [0.3, 0.4) is 0 Å². The Balaban J connectivity index is 1.57. The highest BCUT2D eigenvalue weighted by Crippen LogP contribution is 2.34. The summed E-state index contributed by atoms with van der Waals surface area (Å²) in [6.45, 7) is 2.43. The lowest BCUT2D eigenvalue weighted by Gasteiger charge is -2.21. The summed E-state index contributed by atoms with van der Waals surface area (Å²) in [5.74, 6) is 0.505. The van der Waals surface area contributed by atoms with Crippen LogP contribution < -0.4 is 15.1 Å². The van der Waals surface area contributed by atoms with Crippen molar-refractivity contribution in [3.8, 4) is 5.75 Å². The summed E-state index contributed by atoms with van der Waals surface area (Å²) in [5.41, 5.74) is 1.93. The number of hydrogen-bond acceptors (Lipinski definition) is 6. The van der Waals surface area contributed by atoms with Gasteiger partial charge in [0.2, 0.25) is 5.43 Å². The molecule has 0 aliphatic heterocycles. The summed E-state index contributed by atoms with van der Waals surface area (Å²) in [4.78, 5) is 32.1. The van der Waals surface area contributed by atoms with Crippen LogP contribution in [0.1, 0.15) is 6.92 Å². The third-order valence-electron chi connectivity index (χ3n) is 5.18. The lowest BCUT2D eigenvalue weighted by Crippen LogP contribution is -2.31. The lowest BCUT2D eigenvalue weighted by molar-refractivity contribution is -0.118. The predicted octanol–water partition coefficient (Wildman–Crippen LogP) is 4.77. The molecular formula is C25H20N4O3S. The highest BCUT2D eigenvalue weighted by atomic mass is 32.1. The third-order valence-corrected chi connectivity index (χ3v) is 6.20. The largest absolute Gasteiger partial charge is 0.494 e. The second-order valence-electron chi connectivity index (χ2n) is 7.30. The van der Waals surface area contributed by atoms with E-state index in [0.29, 0.717) is 28.3 Å². The SMILES string of the molecule is CCOc1ccc(N(C(=O)Cn2ncc(=O)c3ccccc32)c2nc3ccccc3s2)cc1. The first kappa shape index (κ1) is 20.8. The molecule has 5 rings (SSSR count). The van der Waals surface area contributed by atoms with Crippen molar-refractivity contribution in [1.82, 2.24) is 14.8 Å². The van der Waals surface area contributed by atoms with Crippen molar-refractivity contribution in [2.45, 2.75) is 13.5 Å². The highest BCUT2D eigenvalue weighted by Gasteiger charge is 2.23. The number of carbonyl (C=O) groups excluding carboxylic acids is 1. The number of aromatic nitrogens is 3. The highest BCUT2D eigenvalue weighted by molar-refractivity contribution is 7.22. The molecule has 0 atom stereocenters. The summed E-state index contributed by atoms with van der Waals surface area (Å²) in [5, 5.41) is 5.30. The Bertz CT molecular complexity index is 1470. The van der Waals surface area contributed by atoms with Gasteiger partial charge < -0.3 is 4.74 Å². The van der Waals surface area contributed by atoms with Gasteiger partial charge in [-0.25, -0.2) is 4.98 Å². The first-order valence-electron chi connectivity index (χ1n) is 10.5. The van der Waals surface area contributed by atoms with Crippen LogP contribution in [-0.4, -0.2) is 27.3 Å². The van der Waals surface area contributed by atoms with Crippen LogP contribution in [0.25, 0.3) is 21.1 Å². The molecule has 3 aromatic carbocycles. The van der Waals surface area contributed by atoms with Gasteiger partial charge in [0.1, 0.15) is 12.3 Å². The topological polar surface area (TPSA) is 77.3 Å². The minimum atomic E-state index is -0.223. The van der Waals surface area contributed by atoms with Crippen molar-refractivity contribution in [1.29, 1.82) is 0 Å². The molecule has 164 valence electrons. The lowest BCUT2D eigenvalue weighted by atomic mass is 10.2. The standard InChI is InChI=1S/C25H20N4O3S/c1-2-32-18-13-11-17(12-14-18)29(25-27-20-8-4-6-10-23(20)33-25)24(31)16-28-21-9-5-3-7-19(21)22(30)15-26-28/h3-15H,2,16H2,1H3. The van der Waals surface area contributed by atoms with Crippen LogP contribution >= 0.6 is 11.3 Å². The molecule has 0 N–H and O–H groups in total. The maximum atomic E-state index is 13.7. The Morgan fingerprint density at radius 1 is 1.03 bits per heavy atom. The van der Waals surface area contributed by atoms with Crippen molar-refractivity contribution in [3.05, 3.63) is 89.2 Å². The van der Waals surface area contributed by atoms with Crippen LogP contribution in [-0.2, 0) is 11.3 Å². The number of carbonyl (C=O) groups is 1. The Morgan fingerprint density at radius 3 is 2.58 bits per heavy atom. The van der Waals surface area contributed by atoms with Crippen LogP contribution in [0.5, 0.6) is 5.75 Å². The molecular weight excluding hydrogens is 436 g/mol. The average molecular weight is 457 g/mol.